The minimum absolute atomic E-state index is 0.223. The molecule has 0 fully saturated rings. The maximum absolute atomic E-state index is 11.5. The van der Waals surface area contributed by atoms with Crippen molar-refractivity contribution < 1.29 is 23.9 Å². The second-order valence-electron chi connectivity index (χ2n) is 5.03. The lowest BCUT2D eigenvalue weighted by molar-refractivity contribution is 0.253. The zero-order valence-corrected chi connectivity index (χ0v) is 14.5. The fourth-order valence-electron chi connectivity index (χ4n) is 2.05. The van der Waals surface area contributed by atoms with E-state index >= 15 is 0 Å². The highest BCUT2D eigenvalue weighted by Gasteiger charge is 2.18. The van der Waals surface area contributed by atoms with E-state index in [2.05, 4.69) is 10.3 Å². The summed E-state index contributed by atoms with van der Waals surface area (Å²) in [4.78, 5) is 33.0. The van der Waals surface area contributed by atoms with E-state index in [0.717, 1.165) is 10.3 Å². The molecule has 130 valence electrons. The van der Waals surface area contributed by atoms with Gasteiger partial charge < -0.3 is 14.5 Å². The van der Waals surface area contributed by atoms with E-state index in [1.165, 1.54) is 16.4 Å². The molecule has 3 aromatic rings. The third-order valence-corrected chi connectivity index (χ3v) is 4.50. The smallest absolute Gasteiger partial charge is 0.431 e. The number of nitrogens with one attached hydrogen (secondary N) is 2. The number of nitrogens with zero attached hydrogens (tertiary/aromatic N) is 1. The number of ether oxygens (including phenoxy) is 1. The van der Waals surface area contributed by atoms with E-state index < -0.39 is 13.8 Å². The van der Waals surface area contributed by atoms with Crippen LogP contribution in [0.1, 0.15) is 5.56 Å². The summed E-state index contributed by atoms with van der Waals surface area (Å²) in [5.74, 6) is 0.659. The molecule has 3 rings (SSSR count). The van der Waals surface area contributed by atoms with Crippen molar-refractivity contribution in [3.8, 4) is 5.75 Å². The number of amides is 2. The summed E-state index contributed by atoms with van der Waals surface area (Å²) >= 11 is 1.17. The molecule has 0 saturated carbocycles. The van der Waals surface area contributed by atoms with Gasteiger partial charge in [-0.25, -0.2) is 19.4 Å². The maximum Gasteiger partial charge on any atom is 0.431 e. The average molecular weight is 379 g/mol. The average Bonchev–Trinajstić information content (AvgIpc) is 2.93. The fourth-order valence-corrected chi connectivity index (χ4v) is 3.26. The van der Waals surface area contributed by atoms with Gasteiger partial charge in [-0.2, -0.15) is 0 Å². The van der Waals surface area contributed by atoms with Crippen LogP contribution in [0.4, 0.5) is 9.93 Å². The van der Waals surface area contributed by atoms with Gasteiger partial charge in [-0.05, 0) is 23.8 Å². The molecule has 25 heavy (non-hydrogen) atoms. The molecule has 1 aromatic heterocycles. The predicted molar refractivity (Wildman–Crippen MR) is 94.6 cm³/mol. The zero-order valence-electron chi connectivity index (χ0n) is 12.7. The van der Waals surface area contributed by atoms with Crippen LogP contribution in [0.2, 0.25) is 0 Å². The van der Waals surface area contributed by atoms with Crippen molar-refractivity contribution >= 4 is 40.5 Å². The number of hydrogen-bond donors (Lipinski definition) is 4. The molecule has 0 saturated heterocycles. The first-order chi connectivity index (χ1) is 11.9. The van der Waals surface area contributed by atoms with Crippen molar-refractivity contribution in [3.05, 3.63) is 54.1 Å². The van der Waals surface area contributed by atoms with Crippen molar-refractivity contribution in [2.24, 2.45) is 0 Å². The van der Waals surface area contributed by atoms with E-state index in [1.807, 2.05) is 30.3 Å². The number of thiazole rings is 1. The molecule has 0 unspecified atom stereocenters. The lowest BCUT2D eigenvalue weighted by Gasteiger charge is -2.05. The van der Waals surface area contributed by atoms with E-state index in [-0.39, 0.29) is 5.13 Å². The number of carbonyl (C=O) groups excluding carboxylic acids is 1. The van der Waals surface area contributed by atoms with E-state index in [1.54, 1.807) is 18.2 Å². The number of benzene rings is 2. The molecule has 0 radical (unpaired) electrons. The molecular weight excluding hydrogens is 365 g/mol. The molecule has 0 bridgehead atoms. The van der Waals surface area contributed by atoms with Crippen LogP contribution in [-0.4, -0.2) is 20.8 Å². The maximum atomic E-state index is 11.5. The lowest BCUT2D eigenvalue weighted by atomic mass is 10.2. The summed E-state index contributed by atoms with van der Waals surface area (Å²) in [5.41, 5.74) is 1.69. The van der Waals surface area contributed by atoms with Gasteiger partial charge in [0, 0.05) is 0 Å². The second kappa shape index (κ2) is 7.20. The summed E-state index contributed by atoms with van der Waals surface area (Å²) in [5, 5.41) is 4.03. The van der Waals surface area contributed by atoms with Crippen molar-refractivity contribution in [1.29, 1.82) is 0 Å². The summed E-state index contributed by atoms with van der Waals surface area (Å²) in [6.45, 7) is 0.431. The molecular formula is C15H14N3O5PS. The molecule has 2 amide bonds. The Hall–Kier alpha value is -2.45. The van der Waals surface area contributed by atoms with Crippen LogP contribution < -0.4 is 15.1 Å². The molecule has 0 aliphatic heterocycles. The first kappa shape index (κ1) is 17.4. The van der Waals surface area contributed by atoms with E-state index in [9.17, 15) is 9.36 Å². The number of hydrogen-bond acceptors (Lipinski definition) is 5. The number of fused-ring (bicyclic) bond motifs is 1. The highest BCUT2D eigenvalue weighted by Crippen LogP contribution is 2.31. The Morgan fingerprint density at radius 2 is 1.96 bits per heavy atom. The largest absolute Gasteiger partial charge is 0.489 e. The quantitative estimate of drug-likeness (QED) is 0.506. The van der Waals surface area contributed by atoms with Gasteiger partial charge in [-0.3, -0.25) is 5.32 Å². The Morgan fingerprint density at radius 3 is 2.68 bits per heavy atom. The van der Waals surface area contributed by atoms with Crippen molar-refractivity contribution in [3.63, 3.8) is 0 Å². The highest BCUT2D eigenvalue weighted by atomic mass is 32.1. The van der Waals surface area contributed by atoms with Crippen LogP contribution in [0.15, 0.2) is 48.5 Å². The number of carbonyl (C=O) groups is 1. The van der Waals surface area contributed by atoms with Gasteiger partial charge in [0.1, 0.15) is 12.4 Å². The summed E-state index contributed by atoms with van der Waals surface area (Å²) < 4.78 is 17.2. The van der Waals surface area contributed by atoms with E-state index in [0.29, 0.717) is 17.9 Å². The number of aromatic nitrogens is 1. The Balaban J connectivity index is 1.69. The molecule has 0 aliphatic carbocycles. The van der Waals surface area contributed by atoms with Crippen LogP contribution in [0.5, 0.6) is 5.75 Å². The van der Waals surface area contributed by atoms with Crippen LogP contribution in [-0.2, 0) is 11.2 Å². The normalized spacial score (nSPS) is 11.3. The summed E-state index contributed by atoms with van der Waals surface area (Å²) in [6, 6.07) is 14.0. The first-order valence-electron chi connectivity index (χ1n) is 7.11. The molecule has 0 atom stereocenters. The second-order valence-corrected chi connectivity index (χ2v) is 7.38. The molecule has 10 heteroatoms. The molecule has 4 N–H and O–H groups in total. The Bertz CT molecular complexity index is 941. The van der Waals surface area contributed by atoms with Crippen LogP contribution in [0, 0.1) is 0 Å². The standard InChI is InChI=1S/C15H14N3O5PS/c19-14(18-24(20,21)22)17-15-16-12-7-6-11(8-13(12)25-15)23-9-10-4-2-1-3-5-10/h1-8H,9H2,(H4,16,17,18,19,20,21,22). The molecule has 8 nitrogen and oxygen atoms in total. The van der Waals surface area contributed by atoms with Gasteiger partial charge in [0.15, 0.2) is 5.13 Å². The molecule has 0 spiro atoms. The van der Waals surface area contributed by atoms with Gasteiger partial charge in [0.2, 0.25) is 0 Å². The van der Waals surface area contributed by atoms with E-state index in [4.69, 9.17) is 14.5 Å². The minimum Gasteiger partial charge on any atom is -0.489 e. The molecule has 0 aliphatic rings. The third-order valence-electron chi connectivity index (χ3n) is 3.08. The van der Waals surface area contributed by atoms with Gasteiger partial charge in [-0.15, -0.1) is 0 Å². The number of rotatable bonds is 5. The Kier molecular flexibility index (Phi) is 5.00. The van der Waals surface area contributed by atoms with Crippen molar-refractivity contribution in [2.45, 2.75) is 6.61 Å². The van der Waals surface area contributed by atoms with Gasteiger partial charge in [-0.1, -0.05) is 41.7 Å². The number of urea groups is 1. The first-order valence-corrected chi connectivity index (χ1v) is 9.54. The fraction of sp³-hybridized carbons (Fsp3) is 0.0667. The lowest BCUT2D eigenvalue weighted by Crippen LogP contribution is -2.25. The third kappa shape index (κ3) is 5.01. The highest BCUT2D eigenvalue weighted by molar-refractivity contribution is 7.50. The van der Waals surface area contributed by atoms with Crippen molar-refractivity contribution in [1.82, 2.24) is 10.1 Å². The predicted octanol–water partition coefficient (Wildman–Crippen LogP) is 3.09. The molecule has 1 heterocycles. The Morgan fingerprint density at radius 1 is 1.20 bits per heavy atom. The molecule has 2 aromatic carbocycles. The number of anilines is 1. The zero-order chi connectivity index (χ0) is 17.9. The SMILES string of the molecule is O=C(Nc1nc2ccc(OCc3ccccc3)cc2s1)NP(=O)(O)O. The van der Waals surface area contributed by atoms with Crippen LogP contribution in [0.25, 0.3) is 10.2 Å². The van der Waals surface area contributed by atoms with Crippen molar-refractivity contribution in [2.75, 3.05) is 5.32 Å². The topological polar surface area (TPSA) is 121 Å². The minimum atomic E-state index is -4.64. The summed E-state index contributed by atoms with van der Waals surface area (Å²) in [7, 11) is -4.64. The monoisotopic (exact) mass is 379 g/mol. The van der Waals surface area contributed by atoms with Gasteiger partial charge >= 0.3 is 13.8 Å². The summed E-state index contributed by atoms with van der Waals surface area (Å²) in [6.07, 6.45) is 0. The van der Waals surface area contributed by atoms with Gasteiger partial charge in [0.25, 0.3) is 0 Å². The Labute approximate surface area is 146 Å². The van der Waals surface area contributed by atoms with Crippen LogP contribution in [0.3, 0.4) is 0 Å². The van der Waals surface area contributed by atoms with Gasteiger partial charge in [0.05, 0.1) is 10.2 Å². The van der Waals surface area contributed by atoms with Crippen LogP contribution >= 0.6 is 19.1 Å².